The highest BCUT2D eigenvalue weighted by molar-refractivity contribution is 6.01. The number of pyridine rings is 1. The second-order valence-electron chi connectivity index (χ2n) is 4.51. The van der Waals surface area contributed by atoms with Crippen LogP contribution in [-0.2, 0) is 0 Å². The smallest absolute Gasteiger partial charge is 0.288 e. The molecule has 0 amide bonds. The highest BCUT2D eigenvalue weighted by atomic mass is 16.6. The monoisotopic (exact) mass is 297 g/mol. The third kappa shape index (κ3) is 4.56. The lowest BCUT2D eigenvalue weighted by atomic mass is 10.2. The van der Waals surface area contributed by atoms with Gasteiger partial charge in [0.25, 0.3) is 5.69 Å². The number of anilines is 1. The fourth-order valence-corrected chi connectivity index (χ4v) is 1.84. The molecule has 9 nitrogen and oxygen atoms in total. The minimum Gasteiger partial charge on any atom is -0.409 e. The lowest BCUT2D eigenvalue weighted by Gasteiger charge is -2.20. The normalized spacial score (nSPS) is 11.4. The van der Waals surface area contributed by atoms with E-state index >= 15 is 0 Å². The molecule has 1 aromatic rings. The summed E-state index contributed by atoms with van der Waals surface area (Å²) in [4.78, 5) is 16.0. The lowest BCUT2D eigenvalue weighted by Crippen LogP contribution is -2.25. The van der Waals surface area contributed by atoms with E-state index < -0.39 is 4.92 Å². The molecule has 0 saturated heterocycles. The van der Waals surface area contributed by atoms with Crippen molar-refractivity contribution < 1.29 is 15.2 Å². The van der Waals surface area contributed by atoms with E-state index in [1.807, 2.05) is 0 Å². The maximum absolute atomic E-state index is 10.8. The Kier molecular flexibility index (Phi) is 6.34. The quantitative estimate of drug-likeness (QED) is 0.160. The molecule has 0 atom stereocenters. The first kappa shape index (κ1) is 16.6. The van der Waals surface area contributed by atoms with E-state index in [2.05, 4.69) is 10.1 Å². The maximum Gasteiger partial charge on any atom is 0.288 e. The molecule has 0 aromatic carbocycles. The first-order valence-corrected chi connectivity index (χ1v) is 6.45. The summed E-state index contributed by atoms with van der Waals surface area (Å²) in [6.45, 7) is 0.783. The molecule has 9 heteroatoms. The number of nitrogens with zero attached hydrogens (tertiary/aromatic N) is 4. The number of nitro groups is 1. The van der Waals surface area contributed by atoms with Gasteiger partial charge in [-0.3, -0.25) is 10.1 Å². The van der Waals surface area contributed by atoms with Crippen LogP contribution < -0.4 is 10.6 Å². The molecule has 0 bridgehead atoms. The molecule has 0 spiro atoms. The van der Waals surface area contributed by atoms with Gasteiger partial charge in [-0.2, -0.15) is 0 Å². The summed E-state index contributed by atoms with van der Waals surface area (Å²) < 4.78 is 0. The van der Waals surface area contributed by atoms with Crippen molar-refractivity contribution in [3.8, 4) is 0 Å². The number of amidine groups is 1. The van der Waals surface area contributed by atoms with Gasteiger partial charge in [0.05, 0.1) is 10.5 Å². The van der Waals surface area contributed by atoms with E-state index in [9.17, 15) is 10.1 Å². The van der Waals surface area contributed by atoms with Crippen LogP contribution in [0.15, 0.2) is 17.4 Å². The predicted octanol–water partition coefficient (Wildman–Crippen LogP) is 0.683. The third-order valence-electron chi connectivity index (χ3n) is 2.96. The van der Waals surface area contributed by atoms with Crippen LogP contribution in [0.3, 0.4) is 0 Å². The lowest BCUT2D eigenvalue weighted by molar-refractivity contribution is -0.385. The molecule has 4 N–H and O–H groups in total. The zero-order valence-electron chi connectivity index (χ0n) is 11.8. The maximum atomic E-state index is 10.8. The van der Waals surface area contributed by atoms with Crippen LogP contribution in [0.4, 0.5) is 11.5 Å². The summed E-state index contributed by atoms with van der Waals surface area (Å²) >= 11 is 0. The zero-order valence-corrected chi connectivity index (χ0v) is 11.8. The number of oxime groups is 1. The summed E-state index contributed by atoms with van der Waals surface area (Å²) in [7, 11) is 1.77. The molecule has 1 heterocycles. The standard InChI is InChI=1S/C12H19N5O4/c1-16(5-3-2-4-6-18)12-10(11(13)15-19)7-9(8-14-12)17(20)21/h7-8,18-19H,2-6H2,1H3,(H2,13,15). The van der Waals surface area contributed by atoms with Gasteiger partial charge in [0.1, 0.15) is 12.0 Å². The minimum atomic E-state index is -0.591. The molecule has 1 rings (SSSR count). The van der Waals surface area contributed by atoms with Gasteiger partial charge < -0.3 is 20.9 Å². The molecule has 0 fully saturated rings. The van der Waals surface area contributed by atoms with E-state index in [4.69, 9.17) is 16.0 Å². The fourth-order valence-electron chi connectivity index (χ4n) is 1.84. The summed E-state index contributed by atoms with van der Waals surface area (Å²) in [5.41, 5.74) is 5.53. The number of aliphatic hydroxyl groups excluding tert-OH is 1. The number of aromatic nitrogens is 1. The highest BCUT2D eigenvalue weighted by Crippen LogP contribution is 2.22. The number of rotatable bonds is 8. The predicted molar refractivity (Wildman–Crippen MR) is 77.6 cm³/mol. The van der Waals surface area contributed by atoms with Gasteiger partial charge in [-0.15, -0.1) is 0 Å². The fraction of sp³-hybridized carbons (Fsp3) is 0.500. The zero-order chi connectivity index (χ0) is 15.8. The number of unbranched alkanes of at least 4 members (excludes halogenated alkanes) is 2. The number of nitrogens with two attached hydrogens (primary N) is 1. The molecular formula is C12H19N5O4. The van der Waals surface area contributed by atoms with Crippen molar-refractivity contribution in [2.45, 2.75) is 19.3 Å². The van der Waals surface area contributed by atoms with E-state index in [-0.39, 0.29) is 23.7 Å². The number of hydrogen-bond donors (Lipinski definition) is 3. The van der Waals surface area contributed by atoms with Gasteiger partial charge in [0.2, 0.25) is 0 Å². The number of hydrogen-bond acceptors (Lipinski definition) is 7. The second kappa shape index (κ2) is 8.00. The summed E-state index contributed by atoms with van der Waals surface area (Å²) in [6.07, 6.45) is 3.53. The van der Waals surface area contributed by atoms with E-state index in [0.717, 1.165) is 19.0 Å². The van der Waals surface area contributed by atoms with Crippen LogP contribution in [-0.4, -0.2) is 46.3 Å². The van der Waals surface area contributed by atoms with Crippen LogP contribution in [0.2, 0.25) is 0 Å². The molecule has 0 saturated carbocycles. The Morgan fingerprint density at radius 1 is 1.52 bits per heavy atom. The number of aliphatic hydroxyl groups is 1. The summed E-state index contributed by atoms with van der Waals surface area (Å²) in [5, 5.41) is 31.2. The Labute approximate surface area is 121 Å². The highest BCUT2D eigenvalue weighted by Gasteiger charge is 2.18. The van der Waals surface area contributed by atoms with Crippen molar-refractivity contribution in [3.05, 3.63) is 27.9 Å². The minimum absolute atomic E-state index is 0.148. The Morgan fingerprint density at radius 3 is 2.81 bits per heavy atom. The topological polar surface area (TPSA) is 138 Å². The molecule has 0 unspecified atom stereocenters. The summed E-state index contributed by atoms with van der Waals surface area (Å²) in [6, 6.07) is 1.22. The van der Waals surface area contributed by atoms with Crippen LogP contribution in [0.5, 0.6) is 0 Å². The van der Waals surface area contributed by atoms with Crippen molar-refractivity contribution in [3.63, 3.8) is 0 Å². The van der Waals surface area contributed by atoms with Crippen LogP contribution in [0.1, 0.15) is 24.8 Å². The van der Waals surface area contributed by atoms with Crippen molar-refractivity contribution in [2.75, 3.05) is 25.1 Å². The SMILES string of the molecule is CN(CCCCCO)c1ncc([N+](=O)[O-])cc1C(N)=NO. The van der Waals surface area contributed by atoms with Gasteiger partial charge >= 0.3 is 0 Å². The molecule has 0 aliphatic rings. The van der Waals surface area contributed by atoms with Crippen molar-refractivity contribution in [1.29, 1.82) is 0 Å². The van der Waals surface area contributed by atoms with Gasteiger partial charge in [-0.25, -0.2) is 4.98 Å². The molecule has 21 heavy (non-hydrogen) atoms. The van der Waals surface area contributed by atoms with Gasteiger partial charge in [-0.05, 0) is 19.3 Å². The van der Waals surface area contributed by atoms with Crippen molar-refractivity contribution >= 4 is 17.3 Å². The third-order valence-corrected chi connectivity index (χ3v) is 2.96. The summed E-state index contributed by atoms with van der Waals surface area (Å²) in [5.74, 6) is 0.170. The van der Waals surface area contributed by atoms with Gasteiger partial charge in [-0.1, -0.05) is 5.16 Å². The second-order valence-corrected chi connectivity index (χ2v) is 4.51. The Bertz CT molecular complexity index is 520. The molecular weight excluding hydrogens is 278 g/mol. The van der Waals surface area contributed by atoms with E-state index in [1.165, 1.54) is 6.07 Å². The molecule has 1 aromatic heterocycles. The molecule has 0 radical (unpaired) electrons. The van der Waals surface area contributed by atoms with Gasteiger partial charge in [0, 0.05) is 26.3 Å². The van der Waals surface area contributed by atoms with Gasteiger partial charge in [0.15, 0.2) is 5.84 Å². The largest absolute Gasteiger partial charge is 0.409 e. The van der Waals surface area contributed by atoms with Crippen molar-refractivity contribution in [1.82, 2.24) is 4.98 Å². The average molecular weight is 297 g/mol. The first-order valence-electron chi connectivity index (χ1n) is 6.45. The molecule has 0 aliphatic carbocycles. The first-order chi connectivity index (χ1) is 10.0. The Morgan fingerprint density at radius 2 is 2.24 bits per heavy atom. The Hall–Kier alpha value is -2.42. The molecule has 116 valence electrons. The van der Waals surface area contributed by atoms with E-state index in [1.54, 1.807) is 11.9 Å². The Balaban J connectivity index is 2.96. The van der Waals surface area contributed by atoms with Crippen LogP contribution >= 0.6 is 0 Å². The average Bonchev–Trinajstić information content (AvgIpc) is 2.49. The van der Waals surface area contributed by atoms with Crippen LogP contribution in [0, 0.1) is 10.1 Å². The molecule has 0 aliphatic heterocycles. The van der Waals surface area contributed by atoms with Crippen LogP contribution in [0.25, 0.3) is 0 Å². The van der Waals surface area contributed by atoms with Crippen molar-refractivity contribution in [2.24, 2.45) is 10.9 Å². The van der Waals surface area contributed by atoms with E-state index in [0.29, 0.717) is 18.8 Å².